The number of rotatable bonds is 13. The standard InChI is InChI=1S/C28H35N5O5/c1-17(2)12-24(28(37)38)33-26(35)22(13-18-8-4-3-5-9-18)32-27(36)23(31-25(34)15-29)14-19-16-30-21-11-7-6-10-20(19)21/h3-11,16-17,22-24,30H,12-15,29H2,1-2H3,(H,31,34)(H,32,36)(H,33,35)(H,37,38). The summed E-state index contributed by atoms with van der Waals surface area (Å²) in [4.78, 5) is 53.8. The highest BCUT2D eigenvalue weighted by molar-refractivity contribution is 5.94. The summed E-state index contributed by atoms with van der Waals surface area (Å²) in [7, 11) is 0. The molecule has 0 aliphatic carbocycles. The minimum atomic E-state index is -1.15. The van der Waals surface area contributed by atoms with Crippen molar-refractivity contribution in [1.29, 1.82) is 0 Å². The van der Waals surface area contributed by atoms with Gasteiger partial charge in [-0.05, 0) is 29.5 Å². The highest BCUT2D eigenvalue weighted by atomic mass is 16.4. The van der Waals surface area contributed by atoms with Gasteiger partial charge in [0.1, 0.15) is 18.1 Å². The van der Waals surface area contributed by atoms with E-state index in [1.807, 2.05) is 68.4 Å². The Kier molecular flexibility index (Phi) is 10.0. The monoisotopic (exact) mass is 521 g/mol. The van der Waals surface area contributed by atoms with Crippen molar-refractivity contribution >= 4 is 34.6 Å². The molecule has 0 aliphatic heterocycles. The molecule has 0 fully saturated rings. The molecule has 3 atom stereocenters. The van der Waals surface area contributed by atoms with Gasteiger partial charge in [0.2, 0.25) is 17.7 Å². The maximum Gasteiger partial charge on any atom is 0.326 e. The van der Waals surface area contributed by atoms with E-state index in [-0.39, 0.29) is 31.7 Å². The first kappa shape index (κ1) is 28.4. The molecule has 3 rings (SSSR count). The number of aliphatic carboxylic acids is 1. The largest absolute Gasteiger partial charge is 0.480 e. The van der Waals surface area contributed by atoms with Crippen molar-refractivity contribution in [3.05, 3.63) is 71.9 Å². The number of aromatic nitrogens is 1. The molecule has 3 unspecified atom stereocenters. The summed E-state index contributed by atoms with van der Waals surface area (Å²) in [6.07, 6.45) is 2.31. The predicted octanol–water partition coefficient (Wildman–Crippen LogP) is 1.50. The molecule has 7 N–H and O–H groups in total. The Hall–Kier alpha value is -4.18. The molecule has 0 saturated carbocycles. The van der Waals surface area contributed by atoms with E-state index in [4.69, 9.17) is 5.73 Å². The number of fused-ring (bicyclic) bond motifs is 1. The number of benzene rings is 2. The van der Waals surface area contributed by atoms with Gasteiger partial charge in [0.15, 0.2) is 0 Å². The van der Waals surface area contributed by atoms with Crippen molar-refractivity contribution in [2.75, 3.05) is 6.54 Å². The third kappa shape index (κ3) is 7.91. The van der Waals surface area contributed by atoms with Gasteiger partial charge in [-0.3, -0.25) is 14.4 Å². The normalized spacial score (nSPS) is 13.5. The Morgan fingerprint density at radius 3 is 2.08 bits per heavy atom. The molecule has 1 heterocycles. The summed E-state index contributed by atoms with van der Waals surface area (Å²) in [5.41, 5.74) is 7.97. The third-order valence-corrected chi connectivity index (χ3v) is 6.17. The highest BCUT2D eigenvalue weighted by Crippen LogP contribution is 2.19. The number of carboxylic acids is 1. The molecule has 2 aromatic carbocycles. The van der Waals surface area contributed by atoms with Crippen LogP contribution in [0.2, 0.25) is 0 Å². The Balaban J connectivity index is 1.85. The summed E-state index contributed by atoms with van der Waals surface area (Å²) < 4.78 is 0. The molecule has 0 spiro atoms. The lowest BCUT2D eigenvalue weighted by molar-refractivity contribution is -0.142. The van der Waals surface area contributed by atoms with Crippen LogP contribution in [0.4, 0.5) is 0 Å². The van der Waals surface area contributed by atoms with Crippen LogP contribution >= 0.6 is 0 Å². The SMILES string of the molecule is CC(C)CC(NC(=O)C(Cc1ccccc1)NC(=O)C(Cc1c[nH]c2ccccc12)NC(=O)CN)C(=O)O. The molecule has 3 amide bonds. The van der Waals surface area contributed by atoms with Crippen LogP contribution in [-0.2, 0) is 32.0 Å². The van der Waals surface area contributed by atoms with Gasteiger partial charge < -0.3 is 31.8 Å². The number of carbonyl (C=O) groups is 4. The van der Waals surface area contributed by atoms with Crippen LogP contribution in [-0.4, -0.2) is 58.5 Å². The molecule has 0 radical (unpaired) electrons. The maximum absolute atomic E-state index is 13.5. The summed E-state index contributed by atoms with van der Waals surface area (Å²) >= 11 is 0. The number of hydrogen-bond donors (Lipinski definition) is 6. The molecule has 202 valence electrons. The molecule has 0 aliphatic rings. The van der Waals surface area contributed by atoms with Crippen molar-refractivity contribution in [2.45, 2.75) is 51.2 Å². The lowest BCUT2D eigenvalue weighted by Crippen LogP contribution is -2.57. The van der Waals surface area contributed by atoms with E-state index >= 15 is 0 Å². The van der Waals surface area contributed by atoms with Gasteiger partial charge in [-0.15, -0.1) is 0 Å². The number of hydrogen-bond acceptors (Lipinski definition) is 5. The van der Waals surface area contributed by atoms with E-state index in [1.165, 1.54) is 0 Å². The average molecular weight is 522 g/mol. The van der Waals surface area contributed by atoms with E-state index < -0.39 is 41.8 Å². The van der Waals surface area contributed by atoms with Gasteiger partial charge in [-0.1, -0.05) is 62.4 Å². The van der Waals surface area contributed by atoms with Crippen molar-refractivity contribution in [3.8, 4) is 0 Å². The zero-order valence-corrected chi connectivity index (χ0v) is 21.6. The van der Waals surface area contributed by atoms with Crippen LogP contribution in [0, 0.1) is 5.92 Å². The van der Waals surface area contributed by atoms with E-state index in [2.05, 4.69) is 20.9 Å². The van der Waals surface area contributed by atoms with Crippen LogP contribution in [0.1, 0.15) is 31.4 Å². The number of nitrogens with one attached hydrogen (secondary N) is 4. The fourth-order valence-electron chi connectivity index (χ4n) is 4.28. The van der Waals surface area contributed by atoms with Crippen molar-refractivity contribution in [1.82, 2.24) is 20.9 Å². The molecule has 10 heteroatoms. The number of H-pyrrole nitrogens is 1. The van der Waals surface area contributed by atoms with Gasteiger partial charge in [0, 0.05) is 29.9 Å². The van der Waals surface area contributed by atoms with Gasteiger partial charge in [-0.25, -0.2) is 4.79 Å². The second-order valence-electron chi connectivity index (χ2n) is 9.67. The molecular weight excluding hydrogens is 486 g/mol. The highest BCUT2D eigenvalue weighted by Gasteiger charge is 2.30. The van der Waals surface area contributed by atoms with E-state index in [0.717, 1.165) is 22.0 Å². The smallest absolute Gasteiger partial charge is 0.326 e. The first-order valence-electron chi connectivity index (χ1n) is 12.6. The minimum absolute atomic E-state index is 0.0330. The number of aromatic amines is 1. The molecule has 38 heavy (non-hydrogen) atoms. The van der Waals surface area contributed by atoms with E-state index in [0.29, 0.717) is 0 Å². The van der Waals surface area contributed by atoms with Crippen molar-refractivity contribution < 1.29 is 24.3 Å². The van der Waals surface area contributed by atoms with Gasteiger partial charge >= 0.3 is 5.97 Å². The van der Waals surface area contributed by atoms with Crippen molar-refractivity contribution in [2.24, 2.45) is 11.7 Å². The first-order chi connectivity index (χ1) is 18.2. The van der Waals surface area contributed by atoms with Gasteiger partial charge in [-0.2, -0.15) is 0 Å². The van der Waals surface area contributed by atoms with Crippen LogP contribution in [0.15, 0.2) is 60.8 Å². The zero-order valence-electron chi connectivity index (χ0n) is 21.6. The second-order valence-corrected chi connectivity index (χ2v) is 9.67. The van der Waals surface area contributed by atoms with Crippen LogP contribution in [0.5, 0.6) is 0 Å². The van der Waals surface area contributed by atoms with E-state index in [9.17, 15) is 24.3 Å². The van der Waals surface area contributed by atoms with Gasteiger partial charge in [0.25, 0.3) is 0 Å². The molecule has 0 saturated heterocycles. The maximum atomic E-state index is 13.5. The topological polar surface area (TPSA) is 166 Å². The van der Waals surface area contributed by atoms with Crippen molar-refractivity contribution in [3.63, 3.8) is 0 Å². The van der Waals surface area contributed by atoms with Crippen LogP contribution < -0.4 is 21.7 Å². The molecule has 3 aromatic rings. The predicted molar refractivity (Wildman–Crippen MR) is 144 cm³/mol. The Morgan fingerprint density at radius 1 is 0.842 bits per heavy atom. The minimum Gasteiger partial charge on any atom is -0.480 e. The lowest BCUT2D eigenvalue weighted by Gasteiger charge is -2.25. The first-order valence-corrected chi connectivity index (χ1v) is 12.6. The lowest BCUT2D eigenvalue weighted by atomic mass is 10.0. The Bertz CT molecular complexity index is 1260. The Morgan fingerprint density at radius 2 is 1.45 bits per heavy atom. The summed E-state index contributed by atoms with van der Waals surface area (Å²) in [6, 6.07) is 13.5. The Labute approximate surface area is 221 Å². The number of carbonyl (C=O) groups excluding carboxylic acids is 3. The third-order valence-electron chi connectivity index (χ3n) is 6.17. The summed E-state index contributed by atoms with van der Waals surface area (Å²) in [5.74, 6) is -2.83. The van der Waals surface area contributed by atoms with Gasteiger partial charge in [0.05, 0.1) is 6.54 Å². The molecular formula is C28H35N5O5. The molecule has 0 bridgehead atoms. The fourth-order valence-corrected chi connectivity index (χ4v) is 4.28. The summed E-state index contributed by atoms with van der Waals surface area (Å²) in [5, 5.41) is 18.5. The zero-order chi connectivity index (χ0) is 27.7. The number of nitrogens with two attached hydrogens (primary N) is 1. The number of para-hydroxylation sites is 1. The van der Waals surface area contributed by atoms with E-state index in [1.54, 1.807) is 6.20 Å². The molecule has 1 aromatic heterocycles. The second kappa shape index (κ2) is 13.4. The fraction of sp³-hybridized carbons (Fsp3) is 0.357. The number of carboxylic acid groups (broad SMARTS) is 1. The molecule has 10 nitrogen and oxygen atoms in total. The summed E-state index contributed by atoms with van der Waals surface area (Å²) in [6.45, 7) is 3.42. The average Bonchev–Trinajstić information content (AvgIpc) is 3.30. The van der Waals surface area contributed by atoms with Crippen LogP contribution in [0.3, 0.4) is 0 Å². The van der Waals surface area contributed by atoms with Crippen LogP contribution in [0.25, 0.3) is 10.9 Å². The number of amides is 3. The quantitative estimate of drug-likeness (QED) is 0.199.